The zero-order valence-corrected chi connectivity index (χ0v) is 19.8. The topological polar surface area (TPSA) is 58.6 Å². The van der Waals surface area contributed by atoms with Gasteiger partial charge in [0.25, 0.3) is 11.8 Å². The van der Waals surface area contributed by atoms with Gasteiger partial charge >= 0.3 is 0 Å². The van der Waals surface area contributed by atoms with Gasteiger partial charge in [-0.15, -0.1) is 0 Å². The number of hydrogen-bond acceptors (Lipinski definition) is 5. The minimum absolute atomic E-state index is 0.276. The molecule has 1 saturated heterocycles. The summed E-state index contributed by atoms with van der Waals surface area (Å²) in [5, 5.41) is 1.12. The van der Waals surface area contributed by atoms with E-state index in [-0.39, 0.29) is 16.1 Å². The van der Waals surface area contributed by atoms with Gasteiger partial charge < -0.3 is 4.74 Å². The van der Waals surface area contributed by atoms with Crippen molar-refractivity contribution in [2.45, 2.75) is 20.5 Å². The highest BCUT2D eigenvalue weighted by atomic mass is 32.2. The summed E-state index contributed by atoms with van der Waals surface area (Å²) >= 11 is 6.47. The van der Waals surface area contributed by atoms with Crippen LogP contribution in [0.1, 0.15) is 32.6 Å². The fourth-order valence-corrected chi connectivity index (χ4v) is 4.31. The number of rotatable bonds is 6. The number of carbonyl (C=O) groups excluding carboxylic acids is 2. The Balaban J connectivity index is 1.43. The van der Waals surface area contributed by atoms with Gasteiger partial charge in [0.15, 0.2) is 4.32 Å². The molecule has 0 saturated carbocycles. The van der Waals surface area contributed by atoms with Crippen molar-refractivity contribution in [1.29, 1.82) is 0 Å². The summed E-state index contributed by atoms with van der Waals surface area (Å²) in [6.45, 7) is 4.44. The molecule has 5 nitrogen and oxygen atoms in total. The van der Waals surface area contributed by atoms with E-state index in [1.807, 2.05) is 62.4 Å². The van der Waals surface area contributed by atoms with E-state index < -0.39 is 0 Å². The van der Waals surface area contributed by atoms with Crippen LogP contribution in [0.4, 0.5) is 0 Å². The number of thiocarbonyl (C=S) groups is 1. The third-order valence-corrected chi connectivity index (χ3v) is 6.30. The number of amides is 2. The maximum absolute atomic E-state index is 12.9. The number of thioether (sulfide) groups is 1. The van der Waals surface area contributed by atoms with Crippen LogP contribution in [-0.4, -0.2) is 21.1 Å². The summed E-state index contributed by atoms with van der Waals surface area (Å²) in [5.74, 6) is -0.0528. The second-order valence-electron chi connectivity index (χ2n) is 7.67. The number of carbonyl (C=O) groups is 2. The molecule has 7 heteroatoms. The average Bonchev–Trinajstić information content (AvgIpc) is 3.06. The molecule has 0 unspecified atom stereocenters. The lowest BCUT2D eigenvalue weighted by atomic mass is 10.1. The molecular formula is C26H22N2O3S2. The number of ether oxygens (including phenoxy) is 1. The summed E-state index contributed by atoms with van der Waals surface area (Å²) < 4.78 is 6.18. The molecule has 2 amide bonds. The molecule has 1 aliphatic heterocycles. The molecule has 0 aliphatic carbocycles. The van der Waals surface area contributed by atoms with Gasteiger partial charge in [-0.1, -0.05) is 71.4 Å². The van der Waals surface area contributed by atoms with Gasteiger partial charge in [-0.3, -0.25) is 15.0 Å². The second-order valence-corrected chi connectivity index (χ2v) is 9.35. The summed E-state index contributed by atoms with van der Waals surface area (Å²) in [6, 6.07) is 22.8. The molecule has 1 fully saturated rings. The molecule has 3 aromatic carbocycles. The Labute approximate surface area is 202 Å². The molecule has 3 aromatic rings. The number of nitrogens with one attached hydrogen (secondary N) is 1. The largest absolute Gasteiger partial charge is 0.489 e. The first-order valence-electron chi connectivity index (χ1n) is 10.3. The van der Waals surface area contributed by atoms with Crippen LogP contribution in [0.15, 0.2) is 77.7 Å². The molecule has 1 N–H and O–H groups in total. The Bertz CT molecular complexity index is 1240. The van der Waals surface area contributed by atoms with E-state index in [1.165, 1.54) is 5.56 Å². The van der Waals surface area contributed by atoms with Gasteiger partial charge in [-0.2, -0.15) is 5.01 Å². The molecular weight excluding hydrogens is 452 g/mol. The molecule has 166 valence electrons. The van der Waals surface area contributed by atoms with E-state index in [0.717, 1.165) is 33.5 Å². The first kappa shape index (κ1) is 22.8. The van der Waals surface area contributed by atoms with Crippen molar-refractivity contribution in [3.63, 3.8) is 0 Å². The molecule has 4 rings (SSSR count). The first-order chi connectivity index (χ1) is 15.9. The zero-order valence-electron chi connectivity index (χ0n) is 18.2. The molecule has 0 radical (unpaired) electrons. The van der Waals surface area contributed by atoms with Gasteiger partial charge in [0, 0.05) is 5.56 Å². The highest BCUT2D eigenvalue weighted by Crippen LogP contribution is 2.32. The number of hydrogen-bond donors (Lipinski definition) is 1. The Morgan fingerprint density at radius 3 is 2.39 bits per heavy atom. The van der Waals surface area contributed by atoms with Crippen LogP contribution in [0.25, 0.3) is 6.08 Å². The fraction of sp³-hybridized carbons (Fsp3) is 0.115. The van der Waals surface area contributed by atoms with E-state index in [0.29, 0.717) is 22.8 Å². The van der Waals surface area contributed by atoms with E-state index in [9.17, 15) is 9.59 Å². The lowest BCUT2D eigenvalue weighted by Gasteiger charge is -2.15. The third kappa shape index (κ3) is 5.69. The van der Waals surface area contributed by atoms with Crippen LogP contribution in [0.2, 0.25) is 0 Å². The second kappa shape index (κ2) is 10.0. The van der Waals surface area contributed by atoms with Crippen LogP contribution >= 0.6 is 24.0 Å². The minimum atomic E-state index is -0.390. The summed E-state index contributed by atoms with van der Waals surface area (Å²) in [7, 11) is 0. The van der Waals surface area contributed by atoms with Crippen LogP contribution in [0.5, 0.6) is 5.75 Å². The van der Waals surface area contributed by atoms with Gasteiger partial charge in [-0.25, -0.2) is 0 Å². The smallest absolute Gasteiger partial charge is 0.285 e. The van der Waals surface area contributed by atoms with Gasteiger partial charge in [0.05, 0.1) is 4.91 Å². The Hall–Kier alpha value is -3.42. The van der Waals surface area contributed by atoms with Crippen molar-refractivity contribution in [1.82, 2.24) is 10.4 Å². The summed E-state index contributed by atoms with van der Waals surface area (Å²) in [6.07, 6.45) is 1.75. The maximum atomic E-state index is 12.9. The fourth-order valence-electron chi connectivity index (χ4n) is 3.13. The van der Waals surface area contributed by atoms with Gasteiger partial charge in [0.1, 0.15) is 12.4 Å². The molecule has 0 aromatic heterocycles. The highest BCUT2D eigenvalue weighted by Gasteiger charge is 2.33. The number of benzene rings is 3. The van der Waals surface area contributed by atoms with E-state index in [1.54, 1.807) is 18.2 Å². The van der Waals surface area contributed by atoms with Crippen molar-refractivity contribution in [3.8, 4) is 5.75 Å². The average molecular weight is 475 g/mol. The van der Waals surface area contributed by atoms with Crippen molar-refractivity contribution in [3.05, 3.63) is 106 Å². The lowest BCUT2D eigenvalue weighted by molar-refractivity contribution is -0.123. The van der Waals surface area contributed by atoms with Crippen molar-refractivity contribution in [2.75, 3.05) is 0 Å². The Morgan fingerprint density at radius 2 is 1.70 bits per heavy atom. The quantitative estimate of drug-likeness (QED) is 0.381. The van der Waals surface area contributed by atoms with Crippen LogP contribution in [0.3, 0.4) is 0 Å². The first-order valence-corrected chi connectivity index (χ1v) is 11.6. The number of hydrazine groups is 1. The Morgan fingerprint density at radius 1 is 1.03 bits per heavy atom. The van der Waals surface area contributed by atoms with Gasteiger partial charge in [-0.05, 0) is 67.5 Å². The van der Waals surface area contributed by atoms with Crippen LogP contribution in [-0.2, 0) is 11.4 Å². The predicted molar refractivity (Wildman–Crippen MR) is 136 cm³/mol. The van der Waals surface area contributed by atoms with Crippen molar-refractivity contribution < 1.29 is 14.3 Å². The van der Waals surface area contributed by atoms with E-state index >= 15 is 0 Å². The van der Waals surface area contributed by atoms with Crippen LogP contribution < -0.4 is 10.2 Å². The molecule has 0 atom stereocenters. The molecule has 1 heterocycles. The van der Waals surface area contributed by atoms with Crippen molar-refractivity contribution in [2.24, 2.45) is 0 Å². The third-order valence-electron chi connectivity index (χ3n) is 5.00. The normalized spacial score (nSPS) is 14.6. The highest BCUT2D eigenvalue weighted by molar-refractivity contribution is 8.26. The van der Waals surface area contributed by atoms with Crippen LogP contribution in [0, 0.1) is 13.8 Å². The van der Waals surface area contributed by atoms with Crippen molar-refractivity contribution >= 4 is 46.2 Å². The molecule has 0 bridgehead atoms. The SMILES string of the molecule is Cc1ccc(COc2cccc(/C=C3/SC(=S)N(NC(=O)c4ccc(C)cc4)C3=O)c2)cc1. The summed E-state index contributed by atoms with van der Waals surface area (Å²) in [4.78, 5) is 25.8. The Kier molecular flexibility index (Phi) is 6.91. The standard InChI is InChI=1S/C26H22N2O3S2/c1-17-6-10-19(11-7-17)16-31-22-5-3-4-20(14-22)15-23-25(30)28(26(32)33-23)27-24(29)21-12-8-18(2)9-13-21/h3-15H,16H2,1-2H3,(H,27,29)/b23-15+. The van der Waals surface area contributed by atoms with Gasteiger partial charge in [0.2, 0.25) is 0 Å². The number of nitrogens with zero attached hydrogens (tertiary/aromatic N) is 1. The number of aryl methyl sites for hydroxylation is 2. The zero-order chi connectivity index (χ0) is 23.4. The maximum Gasteiger partial charge on any atom is 0.285 e. The molecule has 0 spiro atoms. The molecule has 1 aliphatic rings. The molecule has 33 heavy (non-hydrogen) atoms. The minimum Gasteiger partial charge on any atom is -0.489 e. The predicted octanol–water partition coefficient (Wildman–Crippen LogP) is 5.43. The lowest BCUT2D eigenvalue weighted by Crippen LogP contribution is -2.44. The van der Waals surface area contributed by atoms with E-state index in [4.69, 9.17) is 17.0 Å². The monoisotopic (exact) mass is 474 g/mol. The van der Waals surface area contributed by atoms with E-state index in [2.05, 4.69) is 17.6 Å². The summed E-state index contributed by atoms with van der Waals surface area (Å²) in [5.41, 5.74) is 7.19.